The van der Waals surface area contributed by atoms with Crippen molar-refractivity contribution in [2.45, 2.75) is 32.4 Å². The Morgan fingerprint density at radius 3 is 3.12 bits per heavy atom. The average Bonchev–Trinajstić information content (AvgIpc) is 2.90. The molecule has 7 heteroatoms. The van der Waals surface area contributed by atoms with E-state index in [4.69, 9.17) is 4.74 Å². The highest BCUT2D eigenvalue weighted by Gasteiger charge is 2.20. The number of rotatable bonds is 5. The SMILES string of the molecule is Cc1cc(Oc2nnc(CNC3CC3)s2)n[nH]1. The Labute approximate surface area is 102 Å². The second kappa shape index (κ2) is 4.42. The van der Waals surface area contributed by atoms with E-state index in [1.54, 1.807) is 0 Å². The Kier molecular flexibility index (Phi) is 2.77. The maximum Gasteiger partial charge on any atom is 0.300 e. The average molecular weight is 251 g/mol. The molecule has 0 saturated heterocycles. The minimum atomic E-state index is 0.528. The van der Waals surface area contributed by atoms with Crippen LogP contribution < -0.4 is 10.1 Å². The van der Waals surface area contributed by atoms with Crippen LogP contribution in [0.1, 0.15) is 23.5 Å². The van der Waals surface area contributed by atoms with Crippen LogP contribution in [-0.4, -0.2) is 26.4 Å². The number of nitrogens with one attached hydrogen (secondary N) is 2. The summed E-state index contributed by atoms with van der Waals surface area (Å²) < 4.78 is 5.48. The third kappa shape index (κ3) is 2.80. The Hall–Kier alpha value is -1.47. The van der Waals surface area contributed by atoms with Gasteiger partial charge in [0.15, 0.2) is 0 Å². The van der Waals surface area contributed by atoms with Gasteiger partial charge in [-0.2, -0.15) is 0 Å². The van der Waals surface area contributed by atoms with E-state index in [0.717, 1.165) is 17.2 Å². The van der Waals surface area contributed by atoms with Crippen LogP contribution in [-0.2, 0) is 6.54 Å². The molecule has 2 aromatic heterocycles. The molecule has 1 fully saturated rings. The molecule has 0 aliphatic heterocycles. The number of aryl methyl sites for hydroxylation is 1. The molecule has 6 nitrogen and oxygen atoms in total. The first-order chi connectivity index (χ1) is 8.29. The molecular formula is C10H13N5OS. The molecule has 1 aliphatic rings. The highest BCUT2D eigenvalue weighted by atomic mass is 32.1. The van der Waals surface area contributed by atoms with E-state index in [-0.39, 0.29) is 0 Å². The molecule has 0 spiro atoms. The number of hydrogen-bond acceptors (Lipinski definition) is 6. The highest BCUT2D eigenvalue weighted by molar-refractivity contribution is 7.13. The zero-order valence-electron chi connectivity index (χ0n) is 9.43. The van der Waals surface area contributed by atoms with E-state index in [1.807, 2.05) is 13.0 Å². The summed E-state index contributed by atoms with van der Waals surface area (Å²) in [5.41, 5.74) is 0.958. The number of nitrogens with zero attached hydrogens (tertiary/aromatic N) is 3. The lowest BCUT2D eigenvalue weighted by molar-refractivity contribution is 0.453. The minimum absolute atomic E-state index is 0.528. The Morgan fingerprint density at radius 1 is 1.53 bits per heavy atom. The molecule has 0 bridgehead atoms. The van der Waals surface area contributed by atoms with Gasteiger partial charge < -0.3 is 10.1 Å². The molecule has 1 aliphatic carbocycles. The Balaban J connectivity index is 1.59. The summed E-state index contributed by atoms with van der Waals surface area (Å²) in [6.45, 7) is 2.69. The van der Waals surface area contributed by atoms with Gasteiger partial charge in [0.05, 0.1) is 6.54 Å². The van der Waals surface area contributed by atoms with Crippen LogP contribution in [0, 0.1) is 6.92 Å². The Morgan fingerprint density at radius 2 is 2.41 bits per heavy atom. The molecule has 1 saturated carbocycles. The van der Waals surface area contributed by atoms with E-state index < -0.39 is 0 Å². The molecule has 17 heavy (non-hydrogen) atoms. The predicted octanol–water partition coefficient (Wildman–Crippen LogP) is 1.61. The van der Waals surface area contributed by atoms with Gasteiger partial charge >= 0.3 is 5.19 Å². The van der Waals surface area contributed by atoms with Crippen molar-refractivity contribution in [3.05, 3.63) is 16.8 Å². The fraction of sp³-hybridized carbons (Fsp3) is 0.500. The van der Waals surface area contributed by atoms with Crippen molar-refractivity contribution in [2.75, 3.05) is 0 Å². The standard InChI is InChI=1S/C10H13N5OS/c1-6-4-8(13-12-6)16-10-15-14-9(17-10)5-11-7-2-3-7/h4,7,11H,2-3,5H2,1H3,(H,12,13). The second-order valence-electron chi connectivity index (χ2n) is 4.11. The maximum atomic E-state index is 5.48. The van der Waals surface area contributed by atoms with E-state index in [1.165, 1.54) is 24.2 Å². The molecule has 2 N–H and O–H groups in total. The zero-order chi connectivity index (χ0) is 11.7. The van der Waals surface area contributed by atoms with Gasteiger partial charge in [0.1, 0.15) is 5.01 Å². The minimum Gasteiger partial charge on any atom is -0.409 e. The van der Waals surface area contributed by atoms with Gasteiger partial charge in [-0.3, -0.25) is 5.10 Å². The van der Waals surface area contributed by atoms with Crippen molar-refractivity contribution in [1.82, 2.24) is 25.7 Å². The lowest BCUT2D eigenvalue weighted by Crippen LogP contribution is -2.14. The summed E-state index contributed by atoms with van der Waals surface area (Å²) in [7, 11) is 0. The van der Waals surface area contributed by atoms with Crippen molar-refractivity contribution in [3.8, 4) is 11.1 Å². The first kappa shape index (κ1) is 10.7. The molecule has 3 rings (SSSR count). The van der Waals surface area contributed by atoms with E-state index in [9.17, 15) is 0 Å². The number of aromatic amines is 1. The maximum absolute atomic E-state index is 5.48. The van der Waals surface area contributed by atoms with Crippen LogP contribution in [0.2, 0.25) is 0 Å². The van der Waals surface area contributed by atoms with Crippen LogP contribution in [0.25, 0.3) is 0 Å². The summed E-state index contributed by atoms with van der Waals surface area (Å²) in [6.07, 6.45) is 2.55. The molecule has 2 aromatic rings. The Bertz CT molecular complexity index is 504. The van der Waals surface area contributed by atoms with Crippen LogP contribution >= 0.6 is 11.3 Å². The van der Waals surface area contributed by atoms with Crippen molar-refractivity contribution in [2.24, 2.45) is 0 Å². The van der Waals surface area contributed by atoms with E-state index in [2.05, 4.69) is 25.7 Å². The van der Waals surface area contributed by atoms with E-state index >= 15 is 0 Å². The lowest BCUT2D eigenvalue weighted by Gasteiger charge is -1.95. The fourth-order valence-corrected chi connectivity index (χ4v) is 2.05. The van der Waals surface area contributed by atoms with Gasteiger partial charge in [0.25, 0.3) is 0 Å². The third-order valence-electron chi connectivity index (χ3n) is 2.44. The number of ether oxygens (including phenoxy) is 1. The van der Waals surface area contributed by atoms with Gasteiger partial charge in [-0.1, -0.05) is 16.4 Å². The number of H-pyrrole nitrogens is 1. The second-order valence-corrected chi connectivity index (χ2v) is 5.13. The fourth-order valence-electron chi connectivity index (χ4n) is 1.40. The molecule has 0 unspecified atom stereocenters. The monoisotopic (exact) mass is 251 g/mol. The van der Waals surface area contributed by atoms with Crippen molar-refractivity contribution in [3.63, 3.8) is 0 Å². The first-order valence-electron chi connectivity index (χ1n) is 5.55. The summed E-state index contributed by atoms with van der Waals surface area (Å²) >= 11 is 1.45. The van der Waals surface area contributed by atoms with Gasteiger partial charge in [-0.25, -0.2) is 0 Å². The van der Waals surface area contributed by atoms with Crippen LogP contribution in [0.5, 0.6) is 11.1 Å². The highest BCUT2D eigenvalue weighted by Crippen LogP contribution is 2.25. The predicted molar refractivity (Wildman–Crippen MR) is 63.2 cm³/mol. The molecular weight excluding hydrogens is 238 g/mol. The third-order valence-corrected chi connectivity index (χ3v) is 3.24. The molecule has 0 atom stereocenters. The number of hydrogen-bond donors (Lipinski definition) is 2. The van der Waals surface area contributed by atoms with Gasteiger partial charge in [-0.15, -0.1) is 10.2 Å². The smallest absolute Gasteiger partial charge is 0.300 e. The number of aromatic nitrogens is 4. The molecule has 0 aromatic carbocycles. The summed E-state index contributed by atoms with van der Waals surface area (Å²) in [6, 6.07) is 2.50. The lowest BCUT2D eigenvalue weighted by atomic mass is 10.5. The normalized spacial score (nSPS) is 15.1. The van der Waals surface area contributed by atoms with Crippen LogP contribution in [0.3, 0.4) is 0 Å². The summed E-state index contributed by atoms with van der Waals surface area (Å²) in [4.78, 5) is 0. The van der Waals surface area contributed by atoms with Crippen molar-refractivity contribution in [1.29, 1.82) is 0 Å². The quantitative estimate of drug-likeness (QED) is 0.844. The molecule has 90 valence electrons. The first-order valence-corrected chi connectivity index (χ1v) is 6.37. The summed E-state index contributed by atoms with van der Waals surface area (Å²) in [5, 5.41) is 19.7. The molecule has 0 amide bonds. The summed E-state index contributed by atoms with van der Waals surface area (Å²) in [5.74, 6) is 0.528. The van der Waals surface area contributed by atoms with Crippen LogP contribution in [0.4, 0.5) is 0 Å². The zero-order valence-corrected chi connectivity index (χ0v) is 10.3. The van der Waals surface area contributed by atoms with Gasteiger partial charge in [0, 0.05) is 17.8 Å². The molecule has 2 heterocycles. The van der Waals surface area contributed by atoms with Gasteiger partial charge in [-0.05, 0) is 19.8 Å². The van der Waals surface area contributed by atoms with Crippen molar-refractivity contribution >= 4 is 11.3 Å². The van der Waals surface area contributed by atoms with Crippen LogP contribution in [0.15, 0.2) is 6.07 Å². The largest absolute Gasteiger partial charge is 0.409 e. The van der Waals surface area contributed by atoms with Crippen molar-refractivity contribution < 1.29 is 4.74 Å². The topological polar surface area (TPSA) is 75.7 Å². The van der Waals surface area contributed by atoms with E-state index in [0.29, 0.717) is 17.1 Å². The molecule has 0 radical (unpaired) electrons. The van der Waals surface area contributed by atoms with Gasteiger partial charge in [0.2, 0.25) is 5.88 Å².